The van der Waals surface area contributed by atoms with Gasteiger partial charge in [-0.2, -0.15) is 0 Å². The van der Waals surface area contributed by atoms with Crippen molar-refractivity contribution in [2.24, 2.45) is 0 Å². The summed E-state index contributed by atoms with van der Waals surface area (Å²) in [6.45, 7) is 3.48. The molecule has 0 fully saturated rings. The van der Waals surface area contributed by atoms with Gasteiger partial charge in [-0.1, -0.05) is 24.3 Å². The molecule has 5 nitrogen and oxygen atoms in total. The molecule has 0 spiro atoms. The Morgan fingerprint density at radius 3 is 2.73 bits per heavy atom. The number of nitrogens with zero attached hydrogens (tertiary/aromatic N) is 2. The second-order valence-corrected chi connectivity index (χ2v) is 7.91. The highest BCUT2D eigenvalue weighted by Gasteiger charge is 2.26. The molecule has 0 amide bonds. The van der Waals surface area contributed by atoms with E-state index in [1.54, 1.807) is 11.3 Å². The van der Waals surface area contributed by atoms with E-state index in [9.17, 15) is 14.7 Å². The van der Waals surface area contributed by atoms with Crippen LogP contribution in [0.4, 0.5) is 0 Å². The van der Waals surface area contributed by atoms with Gasteiger partial charge in [0.25, 0.3) is 5.56 Å². The van der Waals surface area contributed by atoms with Gasteiger partial charge in [0.1, 0.15) is 16.7 Å². The molecule has 0 radical (unpaired) electrons. The third-order valence-corrected chi connectivity index (χ3v) is 6.34. The maximum Gasteiger partial charge on any atom is 0.326 e. The third-order valence-electron chi connectivity index (χ3n) is 5.15. The van der Waals surface area contributed by atoms with Crippen molar-refractivity contribution in [2.75, 3.05) is 0 Å². The Labute approximate surface area is 154 Å². The van der Waals surface area contributed by atoms with Gasteiger partial charge < -0.3 is 5.11 Å². The van der Waals surface area contributed by atoms with E-state index < -0.39 is 12.0 Å². The van der Waals surface area contributed by atoms with Crippen LogP contribution in [0.3, 0.4) is 0 Å². The highest BCUT2D eigenvalue weighted by atomic mass is 32.1. The lowest BCUT2D eigenvalue weighted by Gasteiger charge is -2.18. The van der Waals surface area contributed by atoms with Crippen LogP contribution in [0.25, 0.3) is 21.6 Å². The fourth-order valence-corrected chi connectivity index (χ4v) is 4.95. The van der Waals surface area contributed by atoms with Gasteiger partial charge in [-0.15, -0.1) is 11.3 Å². The normalized spacial score (nSPS) is 15.0. The van der Waals surface area contributed by atoms with Gasteiger partial charge in [0.2, 0.25) is 0 Å². The Morgan fingerprint density at radius 1 is 1.27 bits per heavy atom. The number of aliphatic carboxylic acids is 1. The minimum absolute atomic E-state index is 0.234. The first-order chi connectivity index (χ1) is 12.5. The maximum absolute atomic E-state index is 13.4. The number of aromatic nitrogens is 2. The second-order valence-electron chi connectivity index (χ2n) is 6.83. The van der Waals surface area contributed by atoms with E-state index in [1.807, 2.05) is 31.2 Å². The van der Waals surface area contributed by atoms with Gasteiger partial charge in [0, 0.05) is 10.4 Å². The van der Waals surface area contributed by atoms with Gasteiger partial charge in [0.05, 0.1) is 5.39 Å². The summed E-state index contributed by atoms with van der Waals surface area (Å²) in [4.78, 5) is 31.8. The molecule has 0 saturated heterocycles. The lowest BCUT2D eigenvalue weighted by molar-refractivity contribution is -0.140. The molecule has 6 heteroatoms. The number of fused-ring (bicyclic) bond motifs is 3. The predicted molar refractivity (Wildman–Crippen MR) is 103 cm³/mol. The van der Waals surface area contributed by atoms with E-state index in [0.29, 0.717) is 11.2 Å². The van der Waals surface area contributed by atoms with Crippen LogP contribution in [0.1, 0.15) is 41.8 Å². The summed E-state index contributed by atoms with van der Waals surface area (Å²) in [6, 6.07) is 6.66. The molecule has 0 saturated carbocycles. The van der Waals surface area contributed by atoms with Crippen molar-refractivity contribution in [3.05, 3.63) is 50.6 Å². The quantitative estimate of drug-likeness (QED) is 0.759. The largest absolute Gasteiger partial charge is 0.480 e. The number of carboxylic acid groups (broad SMARTS) is 1. The molecule has 1 atom stereocenters. The van der Waals surface area contributed by atoms with Crippen molar-refractivity contribution >= 4 is 27.5 Å². The van der Waals surface area contributed by atoms with Crippen molar-refractivity contribution in [3.8, 4) is 11.4 Å². The Balaban J connectivity index is 2.10. The summed E-state index contributed by atoms with van der Waals surface area (Å²) in [5.41, 5.74) is 2.61. The van der Waals surface area contributed by atoms with Crippen LogP contribution < -0.4 is 5.56 Å². The molecular formula is C20H20N2O3S. The van der Waals surface area contributed by atoms with E-state index >= 15 is 0 Å². The SMILES string of the molecule is Cc1ccccc1-c1nc2sc3c(c2c(=O)n1C(C)C(=O)O)CCCC3. The molecule has 1 N–H and O–H groups in total. The minimum atomic E-state index is -1.04. The van der Waals surface area contributed by atoms with Gasteiger partial charge >= 0.3 is 5.97 Å². The first kappa shape index (κ1) is 17.0. The number of benzene rings is 1. The third kappa shape index (κ3) is 2.56. The molecule has 2 aromatic heterocycles. The fourth-order valence-electron chi connectivity index (χ4n) is 3.70. The molecule has 0 aliphatic heterocycles. The molecule has 1 unspecified atom stereocenters. The topological polar surface area (TPSA) is 72.2 Å². The van der Waals surface area contributed by atoms with E-state index in [0.717, 1.165) is 47.2 Å². The van der Waals surface area contributed by atoms with Crippen LogP contribution in [0, 0.1) is 6.92 Å². The fraction of sp³-hybridized carbons (Fsp3) is 0.350. The van der Waals surface area contributed by atoms with E-state index in [4.69, 9.17) is 4.98 Å². The Hall–Kier alpha value is -2.47. The first-order valence-corrected chi connectivity index (χ1v) is 9.66. The predicted octanol–water partition coefficient (Wildman–Crippen LogP) is 3.96. The number of aryl methyl sites for hydroxylation is 3. The molecule has 1 aromatic carbocycles. The molecule has 134 valence electrons. The van der Waals surface area contributed by atoms with E-state index in [-0.39, 0.29) is 5.56 Å². The summed E-state index contributed by atoms with van der Waals surface area (Å²) in [6.07, 6.45) is 4.04. The number of rotatable bonds is 3. The summed E-state index contributed by atoms with van der Waals surface area (Å²) in [5.74, 6) is -0.596. The lowest BCUT2D eigenvalue weighted by Crippen LogP contribution is -2.30. The summed E-state index contributed by atoms with van der Waals surface area (Å²) in [7, 11) is 0. The summed E-state index contributed by atoms with van der Waals surface area (Å²) >= 11 is 1.59. The Morgan fingerprint density at radius 2 is 2.00 bits per heavy atom. The molecule has 0 bridgehead atoms. The number of thiophene rings is 1. The van der Waals surface area contributed by atoms with Crippen molar-refractivity contribution < 1.29 is 9.90 Å². The number of carboxylic acids is 1. The van der Waals surface area contributed by atoms with Gasteiger partial charge in [-0.25, -0.2) is 9.78 Å². The van der Waals surface area contributed by atoms with Crippen molar-refractivity contribution in [1.82, 2.24) is 9.55 Å². The number of hydrogen-bond acceptors (Lipinski definition) is 4. The molecule has 2 heterocycles. The van der Waals surface area contributed by atoms with Crippen LogP contribution in [0.15, 0.2) is 29.1 Å². The zero-order valence-corrected chi connectivity index (χ0v) is 15.6. The molecular weight excluding hydrogens is 348 g/mol. The highest BCUT2D eigenvalue weighted by Crippen LogP contribution is 2.35. The second kappa shape index (κ2) is 6.36. The Bertz CT molecular complexity index is 1080. The summed E-state index contributed by atoms with van der Waals surface area (Å²) < 4.78 is 1.36. The van der Waals surface area contributed by atoms with Crippen LogP contribution in [-0.4, -0.2) is 20.6 Å². The van der Waals surface area contributed by atoms with Gasteiger partial charge in [0.15, 0.2) is 0 Å². The average Bonchev–Trinajstić information content (AvgIpc) is 3.00. The van der Waals surface area contributed by atoms with Crippen molar-refractivity contribution in [2.45, 2.75) is 45.6 Å². The molecule has 4 rings (SSSR count). The summed E-state index contributed by atoms with van der Waals surface area (Å²) in [5, 5.41) is 10.2. The van der Waals surface area contributed by atoms with Crippen LogP contribution in [0.5, 0.6) is 0 Å². The number of hydrogen-bond donors (Lipinski definition) is 1. The standard InChI is InChI=1S/C20H20N2O3S/c1-11-7-3-4-8-13(11)17-21-18-16(14-9-5-6-10-15(14)26-18)19(23)22(17)12(2)20(24)25/h3-4,7-8,12H,5-6,9-10H2,1-2H3,(H,24,25). The zero-order valence-electron chi connectivity index (χ0n) is 14.8. The van der Waals surface area contributed by atoms with Gasteiger partial charge in [-0.05, 0) is 50.7 Å². The maximum atomic E-state index is 13.4. The smallest absolute Gasteiger partial charge is 0.326 e. The van der Waals surface area contributed by atoms with E-state index in [2.05, 4.69) is 0 Å². The molecule has 26 heavy (non-hydrogen) atoms. The molecule has 3 aromatic rings. The monoisotopic (exact) mass is 368 g/mol. The van der Waals surface area contributed by atoms with Crippen LogP contribution in [0.2, 0.25) is 0 Å². The lowest BCUT2D eigenvalue weighted by atomic mass is 9.97. The van der Waals surface area contributed by atoms with Gasteiger partial charge in [-0.3, -0.25) is 9.36 Å². The Kier molecular flexibility index (Phi) is 4.15. The first-order valence-electron chi connectivity index (χ1n) is 8.84. The highest BCUT2D eigenvalue weighted by molar-refractivity contribution is 7.18. The van der Waals surface area contributed by atoms with Crippen molar-refractivity contribution in [3.63, 3.8) is 0 Å². The van der Waals surface area contributed by atoms with Crippen molar-refractivity contribution in [1.29, 1.82) is 0 Å². The average molecular weight is 368 g/mol. The van der Waals surface area contributed by atoms with E-state index in [1.165, 1.54) is 16.4 Å². The number of carbonyl (C=O) groups is 1. The molecule has 1 aliphatic carbocycles. The minimum Gasteiger partial charge on any atom is -0.480 e. The van der Waals surface area contributed by atoms with Crippen LogP contribution >= 0.6 is 11.3 Å². The van der Waals surface area contributed by atoms with Crippen LogP contribution in [-0.2, 0) is 17.6 Å². The zero-order chi connectivity index (χ0) is 18.4. The molecule has 1 aliphatic rings.